The number of nitrogens with zero attached hydrogens (tertiary/aromatic N) is 1. The van der Waals surface area contributed by atoms with Gasteiger partial charge in [-0.25, -0.2) is 4.98 Å². The molecule has 1 saturated carbocycles. The lowest BCUT2D eigenvalue weighted by Crippen LogP contribution is -2.32. The highest BCUT2D eigenvalue weighted by Gasteiger charge is 2.36. The van der Waals surface area contributed by atoms with E-state index in [1.807, 2.05) is 6.07 Å². The van der Waals surface area contributed by atoms with Crippen molar-refractivity contribution in [3.8, 4) is 0 Å². The van der Waals surface area contributed by atoms with Gasteiger partial charge in [-0.3, -0.25) is 4.79 Å². The van der Waals surface area contributed by atoms with Gasteiger partial charge in [0.2, 0.25) is 0 Å². The summed E-state index contributed by atoms with van der Waals surface area (Å²) in [6.45, 7) is 2.18. The molecule has 2 rings (SSSR count). The second kappa shape index (κ2) is 6.35. The van der Waals surface area contributed by atoms with Gasteiger partial charge < -0.3 is 9.84 Å². The van der Waals surface area contributed by atoms with Crippen molar-refractivity contribution in [2.75, 3.05) is 6.61 Å². The number of carbonyl (C=O) groups is 1. The highest BCUT2D eigenvalue weighted by Crippen LogP contribution is 2.38. The Morgan fingerprint density at radius 2 is 2.32 bits per heavy atom. The number of rotatable bonds is 3. The lowest BCUT2D eigenvalue weighted by atomic mass is 9.75. The zero-order valence-electron chi connectivity index (χ0n) is 10.9. The summed E-state index contributed by atoms with van der Waals surface area (Å²) in [4.78, 5) is 16.1. The van der Waals surface area contributed by atoms with E-state index in [-0.39, 0.29) is 23.9 Å². The van der Waals surface area contributed by atoms with Crippen LogP contribution in [-0.2, 0) is 9.53 Å². The monoisotopic (exact) mass is 283 g/mol. The molecule has 1 heterocycles. The van der Waals surface area contributed by atoms with Crippen LogP contribution in [-0.4, -0.2) is 28.8 Å². The van der Waals surface area contributed by atoms with Crippen LogP contribution in [0.1, 0.15) is 37.7 Å². The Morgan fingerprint density at radius 3 is 2.95 bits per heavy atom. The van der Waals surface area contributed by atoms with Gasteiger partial charge in [0.05, 0.1) is 18.6 Å². The number of carbonyl (C=O) groups excluding carboxylic acids is 1. The molecule has 1 N–H and O–H groups in total. The number of aromatic nitrogens is 1. The van der Waals surface area contributed by atoms with Crippen molar-refractivity contribution in [2.24, 2.45) is 5.92 Å². The van der Waals surface area contributed by atoms with E-state index in [9.17, 15) is 9.90 Å². The van der Waals surface area contributed by atoms with E-state index >= 15 is 0 Å². The van der Waals surface area contributed by atoms with Crippen LogP contribution in [0.5, 0.6) is 0 Å². The van der Waals surface area contributed by atoms with Crippen molar-refractivity contribution in [3.05, 3.63) is 29.0 Å². The first kappa shape index (κ1) is 14.3. The fraction of sp³-hybridized carbons (Fsp3) is 0.571. The minimum Gasteiger partial charge on any atom is -0.466 e. The molecule has 1 aromatic rings. The van der Waals surface area contributed by atoms with Crippen molar-refractivity contribution in [2.45, 2.75) is 38.2 Å². The van der Waals surface area contributed by atoms with Crippen LogP contribution in [0.25, 0.3) is 0 Å². The molecule has 4 nitrogen and oxygen atoms in total. The van der Waals surface area contributed by atoms with E-state index in [1.165, 1.54) is 0 Å². The predicted molar refractivity (Wildman–Crippen MR) is 72.0 cm³/mol. The Morgan fingerprint density at radius 1 is 1.53 bits per heavy atom. The summed E-state index contributed by atoms with van der Waals surface area (Å²) in [6, 6.07) is 3.57. The molecule has 3 atom stereocenters. The molecule has 1 aromatic heterocycles. The van der Waals surface area contributed by atoms with E-state index in [1.54, 1.807) is 19.2 Å². The van der Waals surface area contributed by atoms with Crippen LogP contribution in [0.15, 0.2) is 18.3 Å². The Bertz CT molecular complexity index is 435. The van der Waals surface area contributed by atoms with Gasteiger partial charge >= 0.3 is 5.97 Å². The highest BCUT2D eigenvalue weighted by molar-refractivity contribution is 6.29. The van der Waals surface area contributed by atoms with Crippen LogP contribution < -0.4 is 0 Å². The van der Waals surface area contributed by atoms with Crippen LogP contribution in [0.4, 0.5) is 0 Å². The van der Waals surface area contributed by atoms with Crippen LogP contribution in [0, 0.1) is 5.92 Å². The first-order valence-electron chi connectivity index (χ1n) is 6.58. The van der Waals surface area contributed by atoms with E-state index in [0.29, 0.717) is 31.0 Å². The standard InChI is InChI=1S/C14H18ClNO3/c1-2-19-14(18)11-5-4-10(17)7-12(11)9-3-6-13(15)16-8-9/h3,6,8,10-12,17H,2,4-5,7H2,1H3/t10-,11-,12-/m0/s1. The quantitative estimate of drug-likeness (QED) is 0.684. The first-order valence-corrected chi connectivity index (χ1v) is 6.95. The summed E-state index contributed by atoms with van der Waals surface area (Å²) in [5.74, 6) is -0.437. The summed E-state index contributed by atoms with van der Waals surface area (Å²) in [7, 11) is 0. The minimum atomic E-state index is -0.369. The summed E-state index contributed by atoms with van der Waals surface area (Å²) in [6.07, 6.45) is 3.16. The summed E-state index contributed by atoms with van der Waals surface area (Å²) < 4.78 is 5.13. The fourth-order valence-electron chi connectivity index (χ4n) is 2.65. The Hall–Kier alpha value is -1.13. The maximum absolute atomic E-state index is 12.0. The normalized spacial score (nSPS) is 27.0. The van der Waals surface area contributed by atoms with Crippen molar-refractivity contribution < 1.29 is 14.6 Å². The molecular formula is C14H18ClNO3. The molecule has 5 heteroatoms. The molecule has 19 heavy (non-hydrogen) atoms. The number of esters is 1. The topological polar surface area (TPSA) is 59.4 Å². The van der Waals surface area contributed by atoms with E-state index < -0.39 is 0 Å². The molecule has 0 saturated heterocycles. The zero-order chi connectivity index (χ0) is 13.8. The number of hydrogen-bond acceptors (Lipinski definition) is 4. The molecule has 0 aliphatic heterocycles. The van der Waals surface area contributed by atoms with Gasteiger partial charge in [-0.2, -0.15) is 0 Å². The van der Waals surface area contributed by atoms with Gasteiger partial charge in [0, 0.05) is 12.1 Å². The largest absolute Gasteiger partial charge is 0.466 e. The number of aliphatic hydroxyl groups excluding tert-OH is 1. The molecular weight excluding hydrogens is 266 g/mol. The average molecular weight is 284 g/mol. The molecule has 0 spiro atoms. The van der Waals surface area contributed by atoms with Gasteiger partial charge in [-0.05, 0) is 37.8 Å². The smallest absolute Gasteiger partial charge is 0.309 e. The van der Waals surface area contributed by atoms with Crippen LogP contribution in [0.3, 0.4) is 0 Å². The third kappa shape index (κ3) is 3.45. The lowest BCUT2D eigenvalue weighted by molar-refractivity contribution is -0.150. The molecule has 0 unspecified atom stereocenters. The second-order valence-corrected chi connectivity index (χ2v) is 5.23. The molecule has 0 aromatic carbocycles. The van der Waals surface area contributed by atoms with Crippen LogP contribution >= 0.6 is 11.6 Å². The zero-order valence-corrected chi connectivity index (χ0v) is 11.6. The molecule has 104 valence electrons. The second-order valence-electron chi connectivity index (χ2n) is 4.85. The maximum atomic E-state index is 12.0. The molecule has 0 bridgehead atoms. The number of aliphatic hydroxyl groups is 1. The minimum absolute atomic E-state index is 0.0485. The number of hydrogen-bond donors (Lipinski definition) is 1. The SMILES string of the molecule is CCOC(=O)[C@H]1CC[C@H](O)C[C@H]1c1ccc(Cl)nc1. The Labute approximate surface area is 117 Å². The van der Waals surface area contributed by atoms with Gasteiger partial charge in [0.25, 0.3) is 0 Å². The van der Waals surface area contributed by atoms with Gasteiger partial charge in [-0.1, -0.05) is 17.7 Å². The van der Waals surface area contributed by atoms with Crippen molar-refractivity contribution in [3.63, 3.8) is 0 Å². The van der Waals surface area contributed by atoms with E-state index in [2.05, 4.69) is 4.98 Å². The van der Waals surface area contributed by atoms with Crippen molar-refractivity contribution >= 4 is 17.6 Å². The van der Waals surface area contributed by atoms with Gasteiger partial charge in [0.1, 0.15) is 5.15 Å². The predicted octanol–water partition coefficient (Wildman–Crippen LogP) is 2.54. The summed E-state index contributed by atoms with van der Waals surface area (Å²) >= 11 is 5.78. The van der Waals surface area contributed by atoms with Crippen molar-refractivity contribution in [1.82, 2.24) is 4.98 Å². The third-order valence-corrected chi connectivity index (χ3v) is 3.81. The third-order valence-electron chi connectivity index (χ3n) is 3.59. The highest BCUT2D eigenvalue weighted by atomic mass is 35.5. The molecule has 0 amide bonds. The van der Waals surface area contributed by atoms with Gasteiger partial charge in [-0.15, -0.1) is 0 Å². The molecule has 1 aliphatic carbocycles. The Kier molecular flexibility index (Phi) is 4.77. The summed E-state index contributed by atoms with van der Waals surface area (Å²) in [5, 5.41) is 10.3. The summed E-state index contributed by atoms with van der Waals surface area (Å²) in [5.41, 5.74) is 0.932. The number of ether oxygens (including phenoxy) is 1. The molecule has 1 fully saturated rings. The van der Waals surface area contributed by atoms with Crippen molar-refractivity contribution in [1.29, 1.82) is 0 Å². The van der Waals surface area contributed by atoms with Gasteiger partial charge in [0.15, 0.2) is 0 Å². The molecule has 0 radical (unpaired) electrons. The average Bonchev–Trinajstić information content (AvgIpc) is 2.39. The fourth-order valence-corrected chi connectivity index (χ4v) is 2.77. The number of halogens is 1. The van der Waals surface area contributed by atoms with E-state index in [0.717, 1.165) is 5.56 Å². The lowest BCUT2D eigenvalue weighted by Gasteiger charge is -2.32. The number of pyridine rings is 1. The Balaban J connectivity index is 2.21. The maximum Gasteiger partial charge on any atom is 0.309 e. The molecule has 1 aliphatic rings. The first-order chi connectivity index (χ1) is 9.11. The van der Waals surface area contributed by atoms with Crippen LogP contribution in [0.2, 0.25) is 5.15 Å². The van der Waals surface area contributed by atoms with E-state index in [4.69, 9.17) is 16.3 Å².